The van der Waals surface area contributed by atoms with Gasteiger partial charge in [0.05, 0.1) is 31.3 Å². The van der Waals surface area contributed by atoms with E-state index in [1.54, 1.807) is 0 Å². The maximum absolute atomic E-state index is 13.5. The molecule has 0 saturated carbocycles. The van der Waals surface area contributed by atoms with Crippen LogP contribution in [0.3, 0.4) is 0 Å². The van der Waals surface area contributed by atoms with E-state index in [0.29, 0.717) is 11.6 Å². The Balaban J connectivity index is 2.11. The predicted molar refractivity (Wildman–Crippen MR) is 141 cm³/mol. The number of hydrogen-bond acceptors (Lipinski definition) is 8. The third-order valence-electron chi connectivity index (χ3n) is 6.24. The van der Waals surface area contributed by atoms with Crippen LogP contribution < -0.4 is 9.80 Å². The SMILES string of the molecule is CCCCN1c2ccccc2N(C(C)C)C12C(=Nc1ccccc1)SC(C(=O)OC)=C2C(=O)OC. The number of para-hydroxylation sites is 3. The lowest BCUT2D eigenvalue weighted by atomic mass is 9.94. The van der Waals surface area contributed by atoms with Crippen molar-refractivity contribution in [2.75, 3.05) is 30.6 Å². The molecule has 4 rings (SSSR count). The van der Waals surface area contributed by atoms with Crippen LogP contribution in [0.25, 0.3) is 0 Å². The molecule has 2 heterocycles. The van der Waals surface area contributed by atoms with Crippen molar-refractivity contribution < 1.29 is 19.1 Å². The molecule has 0 saturated heterocycles. The minimum Gasteiger partial charge on any atom is -0.465 e. The number of nitrogens with zero attached hydrogens (tertiary/aromatic N) is 3. The largest absolute Gasteiger partial charge is 0.465 e. The van der Waals surface area contributed by atoms with Crippen LogP contribution in [0.1, 0.15) is 33.6 Å². The number of carbonyl (C=O) groups is 2. The minimum atomic E-state index is -1.15. The molecular weight excluding hydrogens is 462 g/mol. The molecule has 1 spiro atoms. The van der Waals surface area contributed by atoms with E-state index in [4.69, 9.17) is 14.5 Å². The van der Waals surface area contributed by atoms with Gasteiger partial charge in [-0.3, -0.25) is 0 Å². The molecule has 1 atom stereocenters. The highest BCUT2D eigenvalue weighted by Crippen LogP contribution is 2.57. The number of methoxy groups -OCH3 is 2. The zero-order valence-corrected chi connectivity index (χ0v) is 21.6. The van der Waals surface area contributed by atoms with Crippen LogP contribution >= 0.6 is 11.8 Å². The van der Waals surface area contributed by atoms with E-state index < -0.39 is 17.6 Å². The summed E-state index contributed by atoms with van der Waals surface area (Å²) in [5, 5.41) is 0.616. The number of esters is 2. The highest BCUT2D eigenvalue weighted by Gasteiger charge is 2.64. The Morgan fingerprint density at radius 1 is 0.971 bits per heavy atom. The zero-order valence-electron chi connectivity index (χ0n) is 20.8. The maximum atomic E-state index is 13.5. The lowest BCUT2D eigenvalue weighted by Crippen LogP contribution is -2.65. The molecule has 2 aliphatic rings. The summed E-state index contributed by atoms with van der Waals surface area (Å²) >= 11 is 1.19. The number of benzene rings is 2. The number of carbonyl (C=O) groups excluding carboxylic acids is 2. The molecule has 0 amide bonds. The standard InChI is InChI=1S/C27H31N3O4S/c1-6-7-17-29-20-15-11-12-16-21(20)30(18(2)3)27(29)22(24(31)33-4)23(25(32)34-5)35-26(27)28-19-13-9-8-10-14-19/h8-16,18H,6-7,17H2,1-5H3. The Morgan fingerprint density at radius 2 is 1.60 bits per heavy atom. The van der Waals surface area contributed by atoms with Gasteiger partial charge in [0.2, 0.25) is 0 Å². The van der Waals surface area contributed by atoms with Crippen molar-refractivity contribution in [1.29, 1.82) is 0 Å². The van der Waals surface area contributed by atoms with Gasteiger partial charge in [-0.15, -0.1) is 0 Å². The van der Waals surface area contributed by atoms with E-state index in [-0.39, 0.29) is 16.5 Å². The molecular formula is C27H31N3O4S. The summed E-state index contributed by atoms with van der Waals surface area (Å²) in [5.41, 5.74) is 1.80. The van der Waals surface area contributed by atoms with Crippen LogP contribution in [0, 0.1) is 0 Å². The molecule has 0 N–H and O–H groups in total. The van der Waals surface area contributed by atoms with Crippen molar-refractivity contribution >= 4 is 45.8 Å². The van der Waals surface area contributed by atoms with Crippen LogP contribution in [0.15, 0.2) is 70.1 Å². The van der Waals surface area contributed by atoms with E-state index in [1.807, 2.05) is 42.5 Å². The summed E-state index contributed by atoms with van der Waals surface area (Å²) in [6.07, 6.45) is 1.86. The molecule has 35 heavy (non-hydrogen) atoms. The number of aliphatic imine (C=N–C) groups is 1. The first-order valence-corrected chi connectivity index (χ1v) is 12.6. The summed E-state index contributed by atoms with van der Waals surface area (Å²) in [5.74, 6) is -1.15. The fourth-order valence-corrected chi connectivity index (χ4v) is 6.17. The molecule has 2 aromatic carbocycles. The Morgan fingerprint density at radius 3 is 2.20 bits per heavy atom. The molecule has 0 aromatic heterocycles. The first-order valence-electron chi connectivity index (χ1n) is 11.8. The van der Waals surface area contributed by atoms with Gasteiger partial charge in [0, 0.05) is 12.6 Å². The van der Waals surface area contributed by atoms with Gasteiger partial charge < -0.3 is 19.3 Å². The van der Waals surface area contributed by atoms with Crippen molar-refractivity contribution in [3.8, 4) is 0 Å². The van der Waals surface area contributed by atoms with Crippen molar-refractivity contribution in [2.45, 2.75) is 45.3 Å². The van der Waals surface area contributed by atoms with Crippen molar-refractivity contribution in [3.63, 3.8) is 0 Å². The summed E-state index contributed by atoms with van der Waals surface area (Å²) in [7, 11) is 2.66. The lowest BCUT2D eigenvalue weighted by molar-refractivity contribution is -0.139. The van der Waals surface area contributed by atoms with Crippen LogP contribution in [0.4, 0.5) is 17.1 Å². The fourth-order valence-electron chi connectivity index (χ4n) is 4.88. The van der Waals surface area contributed by atoms with Gasteiger partial charge in [-0.05, 0) is 44.5 Å². The van der Waals surface area contributed by atoms with Crippen LogP contribution in [-0.2, 0) is 19.1 Å². The Hall–Kier alpha value is -3.26. The number of rotatable bonds is 7. The van der Waals surface area contributed by atoms with Crippen LogP contribution in [0.5, 0.6) is 0 Å². The first kappa shape index (κ1) is 24.9. The topological polar surface area (TPSA) is 71.4 Å². The number of fused-ring (bicyclic) bond motifs is 1. The third-order valence-corrected chi connectivity index (χ3v) is 7.39. The fraction of sp³-hybridized carbons (Fsp3) is 0.370. The summed E-state index contributed by atoms with van der Waals surface area (Å²) < 4.78 is 10.4. The predicted octanol–water partition coefficient (Wildman–Crippen LogP) is 5.29. The van der Waals surface area contributed by atoms with Gasteiger partial charge >= 0.3 is 11.9 Å². The molecule has 8 heteroatoms. The highest BCUT2D eigenvalue weighted by molar-refractivity contribution is 8.18. The second-order valence-electron chi connectivity index (χ2n) is 8.67. The van der Waals surface area contributed by atoms with Gasteiger partial charge in [0.25, 0.3) is 0 Å². The quantitative estimate of drug-likeness (QED) is 0.485. The average molecular weight is 494 g/mol. The van der Waals surface area contributed by atoms with E-state index >= 15 is 0 Å². The molecule has 0 fully saturated rings. The first-order chi connectivity index (χ1) is 16.9. The molecule has 2 aliphatic heterocycles. The Kier molecular flexibility index (Phi) is 7.21. The van der Waals surface area contributed by atoms with Crippen molar-refractivity contribution in [3.05, 3.63) is 65.1 Å². The second-order valence-corrected chi connectivity index (χ2v) is 9.67. The molecule has 0 radical (unpaired) electrons. The number of ether oxygens (including phenoxy) is 2. The molecule has 184 valence electrons. The molecule has 2 aromatic rings. The van der Waals surface area contributed by atoms with Gasteiger partial charge in [0.15, 0.2) is 5.66 Å². The minimum absolute atomic E-state index is 0.0268. The molecule has 7 nitrogen and oxygen atoms in total. The summed E-state index contributed by atoms with van der Waals surface area (Å²) in [6.45, 7) is 6.96. The summed E-state index contributed by atoms with van der Waals surface area (Å²) in [6, 6.07) is 17.7. The molecule has 0 bridgehead atoms. The number of thioether (sulfide) groups is 1. The zero-order chi connectivity index (χ0) is 25.2. The van der Waals surface area contributed by atoms with Crippen molar-refractivity contribution in [1.82, 2.24) is 0 Å². The molecule has 0 aliphatic carbocycles. The number of hydrogen-bond donors (Lipinski definition) is 0. The molecule has 1 unspecified atom stereocenters. The van der Waals surface area contributed by atoms with Crippen LogP contribution in [0.2, 0.25) is 0 Å². The van der Waals surface area contributed by atoms with E-state index in [1.165, 1.54) is 26.0 Å². The Labute approximate surface area is 210 Å². The van der Waals surface area contributed by atoms with E-state index in [2.05, 4.69) is 42.7 Å². The maximum Gasteiger partial charge on any atom is 0.345 e. The second kappa shape index (κ2) is 10.2. The van der Waals surface area contributed by atoms with E-state index in [0.717, 1.165) is 29.9 Å². The normalized spacial score (nSPS) is 20.2. The van der Waals surface area contributed by atoms with Gasteiger partial charge in [-0.1, -0.05) is 55.4 Å². The average Bonchev–Trinajstić information content (AvgIpc) is 3.35. The number of anilines is 2. The smallest absolute Gasteiger partial charge is 0.345 e. The van der Waals surface area contributed by atoms with Crippen LogP contribution in [-0.4, -0.2) is 49.5 Å². The van der Waals surface area contributed by atoms with Gasteiger partial charge in [-0.2, -0.15) is 0 Å². The summed E-state index contributed by atoms with van der Waals surface area (Å²) in [4.78, 5) is 36.2. The van der Waals surface area contributed by atoms with Crippen molar-refractivity contribution in [2.24, 2.45) is 4.99 Å². The number of unbranched alkanes of at least 4 members (excludes halogenated alkanes) is 1. The lowest BCUT2D eigenvalue weighted by Gasteiger charge is -2.46. The Bertz CT molecular complexity index is 1180. The van der Waals surface area contributed by atoms with Gasteiger partial charge in [0.1, 0.15) is 15.5 Å². The third kappa shape index (κ3) is 3.99. The monoisotopic (exact) mass is 493 g/mol. The van der Waals surface area contributed by atoms with Gasteiger partial charge in [-0.25, -0.2) is 14.6 Å². The van der Waals surface area contributed by atoms with E-state index in [9.17, 15) is 9.59 Å². The highest BCUT2D eigenvalue weighted by atomic mass is 32.2.